The Morgan fingerprint density at radius 2 is 2.12 bits per heavy atom. The van der Waals surface area contributed by atoms with Crippen LogP contribution >= 0.6 is 0 Å². The van der Waals surface area contributed by atoms with Crippen LogP contribution in [-0.2, 0) is 11.8 Å². The maximum atomic E-state index is 5.47. The number of hydrogen-bond donors (Lipinski definition) is 1. The van der Waals surface area contributed by atoms with E-state index in [0.29, 0.717) is 6.04 Å². The number of aryl methyl sites for hydroxylation is 2. The maximum absolute atomic E-state index is 5.47. The van der Waals surface area contributed by atoms with Crippen LogP contribution in [-0.4, -0.2) is 29.0 Å². The second kappa shape index (κ2) is 4.87. The van der Waals surface area contributed by atoms with Gasteiger partial charge in [0, 0.05) is 26.3 Å². The monoisotopic (exact) mass is 223 g/mol. The summed E-state index contributed by atoms with van der Waals surface area (Å²) in [6.07, 6.45) is 3.43. The molecule has 0 aliphatic carbocycles. The van der Waals surface area contributed by atoms with E-state index in [0.717, 1.165) is 31.7 Å². The number of ether oxygens (including phenoxy) is 1. The number of nitrogens with zero attached hydrogens (tertiary/aromatic N) is 2. The molecule has 1 saturated heterocycles. The van der Waals surface area contributed by atoms with E-state index >= 15 is 0 Å². The molecule has 0 spiro atoms. The maximum Gasteiger partial charge on any atom is 0.0827 e. The summed E-state index contributed by atoms with van der Waals surface area (Å²) in [5.41, 5.74) is 3.50. The SMILES string of the molecule is Cc1nn(C)c(C)c1NC1CCCOCC1. The Labute approximate surface area is 97.0 Å². The van der Waals surface area contributed by atoms with Gasteiger partial charge in [0.2, 0.25) is 0 Å². The largest absolute Gasteiger partial charge is 0.381 e. The lowest BCUT2D eigenvalue weighted by atomic mass is 10.1. The molecule has 1 aliphatic rings. The molecule has 0 bridgehead atoms. The fraction of sp³-hybridized carbons (Fsp3) is 0.750. The van der Waals surface area contributed by atoms with E-state index in [2.05, 4.69) is 24.3 Å². The Morgan fingerprint density at radius 1 is 1.31 bits per heavy atom. The van der Waals surface area contributed by atoms with Gasteiger partial charge in [0.05, 0.1) is 17.1 Å². The van der Waals surface area contributed by atoms with Gasteiger partial charge in [-0.2, -0.15) is 5.10 Å². The first-order valence-electron chi connectivity index (χ1n) is 6.03. The molecule has 16 heavy (non-hydrogen) atoms. The third-order valence-electron chi connectivity index (χ3n) is 3.31. The first-order valence-corrected chi connectivity index (χ1v) is 6.03. The topological polar surface area (TPSA) is 39.1 Å². The molecule has 1 unspecified atom stereocenters. The second-order valence-corrected chi connectivity index (χ2v) is 4.55. The van der Waals surface area contributed by atoms with Crippen LogP contribution in [0.15, 0.2) is 0 Å². The van der Waals surface area contributed by atoms with Gasteiger partial charge in [-0.25, -0.2) is 0 Å². The van der Waals surface area contributed by atoms with Crippen molar-refractivity contribution in [2.75, 3.05) is 18.5 Å². The predicted molar refractivity (Wildman–Crippen MR) is 64.8 cm³/mol. The number of rotatable bonds is 2. The van der Waals surface area contributed by atoms with Crippen LogP contribution in [0, 0.1) is 13.8 Å². The zero-order chi connectivity index (χ0) is 11.5. The summed E-state index contributed by atoms with van der Waals surface area (Å²) >= 11 is 0. The molecule has 1 fully saturated rings. The average Bonchev–Trinajstić information content (AvgIpc) is 2.51. The van der Waals surface area contributed by atoms with Crippen molar-refractivity contribution in [3.05, 3.63) is 11.4 Å². The molecule has 1 aromatic rings. The highest BCUT2D eigenvalue weighted by Crippen LogP contribution is 2.22. The van der Waals surface area contributed by atoms with Gasteiger partial charge >= 0.3 is 0 Å². The van der Waals surface area contributed by atoms with E-state index in [-0.39, 0.29) is 0 Å². The molecular weight excluding hydrogens is 202 g/mol. The van der Waals surface area contributed by atoms with Crippen molar-refractivity contribution in [3.8, 4) is 0 Å². The van der Waals surface area contributed by atoms with Crippen molar-refractivity contribution in [2.45, 2.75) is 39.2 Å². The Hall–Kier alpha value is -1.03. The van der Waals surface area contributed by atoms with E-state index in [1.165, 1.54) is 17.8 Å². The molecule has 1 N–H and O–H groups in total. The summed E-state index contributed by atoms with van der Waals surface area (Å²) in [6.45, 7) is 5.94. The average molecular weight is 223 g/mol. The number of hydrogen-bond acceptors (Lipinski definition) is 3. The zero-order valence-electron chi connectivity index (χ0n) is 10.4. The first kappa shape index (κ1) is 11.5. The van der Waals surface area contributed by atoms with Gasteiger partial charge in [-0.1, -0.05) is 0 Å². The van der Waals surface area contributed by atoms with Gasteiger partial charge in [-0.3, -0.25) is 4.68 Å². The Balaban J connectivity index is 2.07. The lowest BCUT2D eigenvalue weighted by Crippen LogP contribution is -2.20. The highest BCUT2D eigenvalue weighted by molar-refractivity contribution is 5.52. The van der Waals surface area contributed by atoms with Gasteiger partial charge in [-0.15, -0.1) is 0 Å². The minimum Gasteiger partial charge on any atom is -0.381 e. The normalized spacial score (nSPS) is 21.8. The van der Waals surface area contributed by atoms with Crippen molar-refractivity contribution in [3.63, 3.8) is 0 Å². The predicted octanol–water partition coefficient (Wildman–Crippen LogP) is 2.02. The summed E-state index contributed by atoms with van der Waals surface area (Å²) in [5.74, 6) is 0. The lowest BCUT2D eigenvalue weighted by molar-refractivity contribution is 0.144. The zero-order valence-corrected chi connectivity index (χ0v) is 10.4. The third kappa shape index (κ3) is 2.38. The van der Waals surface area contributed by atoms with Crippen molar-refractivity contribution in [1.82, 2.24) is 9.78 Å². The van der Waals surface area contributed by atoms with Crippen LogP contribution in [0.4, 0.5) is 5.69 Å². The molecule has 1 aromatic heterocycles. The quantitative estimate of drug-likeness (QED) is 0.833. The molecule has 4 nitrogen and oxygen atoms in total. The fourth-order valence-corrected chi connectivity index (χ4v) is 2.23. The van der Waals surface area contributed by atoms with Gasteiger partial charge in [0.25, 0.3) is 0 Å². The van der Waals surface area contributed by atoms with Gasteiger partial charge in [-0.05, 0) is 33.1 Å². The van der Waals surface area contributed by atoms with E-state index < -0.39 is 0 Å². The molecule has 1 aliphatic heterocycles. The number of nitrogens with one attached hydrogen (secondary N) is 1. The van der Waals surface area contributed by atoms with Gasteiger partial charge in [0.1, 0.15) is 0 Å². The Morgan fingerprint density at radius 3 is 2.81 bits per heavy atom. The summed E-state index contributed by atoms with van der Waals surface area (Å²) in [4.78, 5) is 0. The molecule has 0 aromatic carbocycles. The van der Waals surface area contributed by atoms with Gasteiger partial charge in [0.15, 0.2) is 0 Å². The van der Waals surface area contributed by atoms with Crippen LogP contribution < -0.4 is 5.32 Å². The van der Waals surface area contributed by atoms with Crippen LogP contribution in [0.3, 0.4) is 0 Å². The van der Waals surface area contributed by atoms with E-state index in [1.54, 1.807) is 0 Å². The number of aromatic nitrogens is 2. The standard InChI is InChI=1S/C12H21N3O/c1-9-12(10(2)15(3)14-9)13-11-5-4-7-16-8-6-11/h11,13H,4-8H2,1-3H3. The molecule has 2 heterocycles. The van der Waals surface area contributed by atoms with Crippen molar-refractivity contribution in [1.29, 1.82) is 0 Å². The fourth-order valence-electron chi connectivity index (χ4n) is 2.23. The van der Waals surface area contributed by atoms with Gasteiger partial charge < -0.3 is 10.1 Å². The Kier molecular flexibility index (Phi) is 3.49. The van der Waals surface area contributed by atoms with Crippen LogP contribution in [0.1, 0.15) is 30.7 Å². The molecule has 90 valence electrons. The highest BCUT2D eigenvalue weighted by atomic mass is 16.5. The molecule has 2 rings (SSSR count). The van der Waals surface area contributed by atoms with Crippen LogP contribution in [0.2, 0.25) is 0 Å². The van der Waals surface area contributed by atoms with Crippen LogP contribution in [0.5, 0.6) is 0 Å². The smallest absolute Gasteiger partial charge is 0.0827 e. The third-order valence-corrected chi connectivity index (χ3v) is 3.31. The summed E-state index contributed by atoms with van der Waals surface area (Å²) in [7, 11) is 1.99. The second-order valence-electron chi connectivity index (χ2n) is 4.55. The Bertz CT molecular complexity index is 351. The molecular formula is C12H21N3O. The molecule has 0 saturated carbocycles. The summed E-state index contributed by atoms with van der Waals surface area (Å²) in [6, 6.07) is 0.532. The van der Waals surface area contributed by atoms with Crippen molar-refractivity contribution >= 4 is 5.69 Å². The summed E-state index contributed by atoms with van der Waals surface area (Å²) in [5, 5.41) is 8.04. The lowest BCUT2D eigenvalue weighted by Gasteiger charge is -2.17. The van der Waals surface area contributed by atoms with E-state index in [1.807, 2.05) is 11.7 Å². The molecule has 0 amide bonds. The minimum absolute atomic E-state index is 0.532. The van der Waals surface area contributed by atoms with Crippen LogP contribution in [0.25, 0.3) is 0 Å². The highest BCUT2D eigenvalue weighted by Gasteiger charge is 2.16. The molecule has 0 radical (unpaired) electrons. The molecule has 4 heteroatoms. The number of anilines is 1. The molecule has 1 atom stereocenters. The van der Waals surface area contributed by atoms with E-state index in [9.17, 15) is 0 Å². The minimum atomic E-state index is 0.532. The van der Waals surface area contributed by atoms with E-state index in [4.69, 9.17) is 4.74 Å². The first-order chi connectivity index (χ1) is 7.68. The summed E-state index contributed by atoms with van der Waals surface area (Å²) < 4.78 is 7.40. The van der Waals surface area contributed by atoms with Crippen molar-refractivity contribution in [2.24, 2.45) is 7.05 Å². The van der Waals surface area contributed by atoms with Crippen molar-refractivity contribution < 1.29 is 4.74 Å².